The molecule has 120 valence electrons. The molecular weight excluding hydrogens is 382 g/mol. The molecule has 0 aliphatic carbocycles. The van der Waals surface area contributed by atoms with Gasteiger partial charge < -0.3 is 15.2 Å². The Hall–Kier alpha value is -1.72. The summed E-state index contributed by atoms with van der Waals surface area (Å²) in [7, 11) is 0. The normalized spacial score (nSPS) is 22.3. The van der Waals surface area contributed by atoms with Crippen LogP contribution in [0.5, 0.6) is 5.75 Å². The Labute approximate surface area is 147 Å². The summed E-state index contributed by atoms with van der Waals surface area (Å²) in [6.45, 7) is 2.16. The van der Waals surface area contributed by atoms with E-state index in [1.165, 1.54) is 0 Å². The zero-order valence-electron chi connectivity index (χ0n) is 12.3. The maximum Gasteiger partial charge on any atom is 0.404 e. The summed E-state index contributed by atoms with van der Waals surface area (Å²) in [5.41, 5.74) is 1.06. The lowest BCUT2D eigenvalue weighted by atomic mass is 9.80. The Balaban J connectivity index is 2.11. The number of rotatable bonds is 3. The number of carbonyl (C=O) groups is 1. The van der Waals surface area contributed by atoms with Crippen molar-refractivity contribution in [2.75, 3.05) is 6.54 Å². The van der Waals surface area contributed by atoms with Crippen LogP contribution >= 0.6 is 27.5 Å². The number of fused-ring (bicyclic) bond motifs is 1. The van der Waals surface area contributed by atoms with Crippen LogP contribution in [0.1, 0.15) is 24.0 Å². The highest BCUT2D eigenvalue weighted by Gasteiger charge is 2.48. The van der Waals surface area contributed by atoms with Crippen molar-refractivity contribution in [1.82, 2.24) is 5.32 Å². The lowest BCUT2D eigenvalue weighted by molar-refractivity contribution is 0.0691. The predicted molar refractivity (Wildman–Crippen MR) is 92.3 cm³/mol. The molecule has 2 atom stereocenters. The van der Waals surface area contributed by atoms with E-state index in [9.17, 15) is 4.79 Å². The molecule has 23 heavy (non-hydrogen) atoms. The van der Waals surface area contributed by atoms with E-state index in [4.69, 9.17) is 21.4 Å². The van der Waals surface area contributed by atoms with Crippen LogP contribution < -0.4 is 10.1 Å². The van der Waals surface area contributed by atoms with Gasteiger partial charge in [0.1, 0.15) is 5.75 Å². The highest BCUT2D eigenvalue weighted by molar-refractivity contribution is 9.10. The topological polar surface area (TPSA) is 58.6 Å². The van der Waals surface area contributed by atoms with Gasteiger partial charge in [-0.15, -0.1) is 0 Å². The standard InChI is InChI=1S/C17H15BrClNO3/c1-10-14-13(8-7-12(19)15(14)18)23-17(10,9-20-16(21)22)11-5-3-2-4-6-11/h2-8,10,20H,9H2,1H3,(H,21,22)/t10-,17-/m1/s1. The summed E-state index contributed by atoms with van der Waals surface area (Å²) in [6.07, 6.45) is -1.08. The lowest BCUT2D eigenvalue weighted by Crippen LogP contribution is -2.45. The summed E-state index contributed by atoms with van der Waals surface area (Å²) >= 11 is 9.74. The van der Waals surface area contributed by atoms with Crippen molar-refractivity contribution in [2.24, 2.45) is 0 Å². The summed E-state index contributed by atoms with van der Waals surface area (Å²) in [5, 5.41) is 12.1. The number of halogens is 2. The minimum atomic E-state index is -1.08. The highest BCUT2D eigenvalue weighted by atomic mass is 79.9. The maximum absolute atomic E-state index is 11.0. The van der Waals surface area contributed by atoms with E-state index >= 15 is 0 Å². The predicted octanol–water partition coefficient (Wildman–Crippen LogP) is 4.76. The van der Waals surface area contributed by atoms with Gasteiger partial charge >= 0.3 is 6.09 Å². The summed E-state index contributed by atoms with van der Waals surface area (Å²) in [5.74, 6) is 0.629. The van der Waals surface area contributed by atoms with Gasteiger partial charge in [0.15, 0.2) is 5.60 Å². The first-order chi connectivity index (χ1) is 11.0. The molecule has 0 spiro atoms. The van der Waals surface area contributed by atoms with Crippen molar-refractivity contribution in [3.05, 3.63) is 63.1 Å². The summed E-state index contributed by atoms with van der Waals surface area (Å²) < 4.78 is 7.05. The monoisotopic (exact) mass is 395 g/mol. The molecular formula is C17H15BrClNO3. The molecule has 0 aromatic heterocycles. The van der Waals surface area contributed by atoms with Gasteiger partial charge in [0.2, 0.25) is 0 Å². The molecule has 2 N–H and O–H groups in total. The van der Waals surface area contributed by atoms with Crippen LogP contribution in [0.25, 0.3) is 0 Å². The molecule has 2 aromatic carbocycles. The molecule has 6 heteroatoms. The average Bonchev–Trinajstić information content (AvgIpc) is 2.84. The minimum absolute atomic E-state index is 0.0835. The molecule has 4 nitrogen and oxygen atoms in total. The largest absolute Gasteiger partial charge is 0.480 e. The lowest BCUT2D eigenvalue weighted by Gasteiger charge is -2.33. The van der Waals surface area contributed by atoms with Gasteiger partial charge in [0, 0.05) is 16.0 Å². The van der Waals surface area contributed by atoms with Crippen molar-refractivity contribution in [3.63, 3.8) is 0 Å². The molecule has 0 radical (unpaired) electrons. The number of hydrogen-bond donors (Lipinski definition) is 2. The SMILES string of the molecule is C[C@@H]1c2c(ccc(Cl)c2Br)O[C@@]1(CNC(=O)O)c1ccccc1. The fourth-order valence-electron chi connectivity index (χ4n) is 3.09. The molecule has 3 rings (SSSR count). The first-order valence-electron chi connectivity index (χ1n) is 7.15. The number of hydrogen-bond acceptors (Lipinski definition) is 2. The Morgan fingerprint density at radius 2 is 2.04 bits per heavy atom. The quantitative estimate of drug-likeness (QED) is 0.786. The summed E-state index contributed by atoms with van der Waals surface area (Å²) in [6, 6.07) is 13.2. The van der Waals surface area contributed by atoms with Gasteiger partial charge in [0.25, 0.3) is 0 Å². The summed E-state index contributed by atoms with van der Waals surface area (Å²) in [4.78, 5) is 11.0. The maximum atomic E-state index is 11.0. The molecule has 1 amide bonds. The molecule has 2 aromatic rings. The Bertz CT molecular complexity index is 753. The van der Waals surface area contributed by atoms with Crippen LogP contribution in [-0.2, 0) is 5.60 Å². The zero-order chi connectivity index (χ0) is 16.6. The first-order valence-corrected chi connectivity index (χ1v) is 8.32. The third kappa shape index (κ3) is 2.68. The Morgan fingerprint density at radius 1 is 1.35 bits per heavy atom. The fourth-order valence-corrected chi connectivity index (χ4v) is 3.92. The van der Waals surface area contributed by atoms with Crippen molar-refractivity contribution in [1.29, 1.82) is 0 Å². The molecule has 0 bridgehead atoms. The molecule has 0 fully saturated rings. The van der Waals surface area contributed by atoms with Crippen molar-refractivity contribution in [3.8, 4) is 5.75 Å². The van der Waals surface area contributed by atoms with E-state index in [0.717, 1.165) is 15.6 Å². The van der Waals surface area contributed by atoms with Crippen LogP contribution in [0.4, 0.5) is 4.79 Å². The van der Waals surface area contributed by atoms with Crippen LogP contribution in [-0.4, -0.2) is 17.7 Å². The third-order valence-corrected chi connectivity index (χ3v) is 5.68. The van der Waals surface area contributed by atoms with E-state index in [1.807, 2.05) is 43.3 Å². The Morgan fingerprint density at radius 3 is 2.70 bits per heavy atom. The first kappa shape index (κ1) is 16.1. The second-order valence-electron chi connectivity index (χ2n) is 5.51. The highest BCUT2D eigenvalue weighted by Crippen LogP contribution is 2.53. The smallest absolute Gasteiger partial charge is 0.404 e. The van der Waals surface area contributed by atoms with Crippen molar-refractivity contribution in [2.45, 2.75) is 18.4 Å². The molecule has 1 heterocycles. The number of amides is 1. The fraction of sp³-hybridized carbons (Fsp3) is 0.235. The zero-order valence-corrected chi connectivity index (χ0v) is 14.7. The van der Waals surface area contributed by atoms with Gasteiger partial charge in [-0.05, 0) is 33.6 Å². The van der Waals surface area contributed by atoms with Crippen molar-refractivity contribution < 1.29 is 14.6 Å². The molecule has 1 aliphatic rings. The third-order valence-electron chi connectivity index (χ3n) is 4.28. The second-order valence-corrected chi connectivity index (χ2v) is 6.71. The second kappa shape index (κ2) is 6.06. The van der Waals surface area contributed by atoms with E-state index in [0.29, 0.717) is 10.8 Å². The molecule has 0 saturated carbocycles. The molecule has 0 unspecified atom stereocenters. The van der Waals surface area contributed by atoms with Crippen LogP contribution in [0, 0.1) is 0 Å². The van der Waals surface area contributed by atoms with E-state index < -0.39 is 11.7 Å². The molecule has 0 saturated heterocycles. The van der Waals surface area contributed by atoms with Crippen LogP contribution in [0.15, 0.2) is 46.9 Å². The van der Waals surface area contributed by atoms with Crippen LogP contribution in [0.2, 0.25) is 5.02 Å². The number of carboxylic acid groups (broad SMARTS) is 1. The number of ether oxygens (including phenoxy) is 1. The number of nitrogens with one attached hydrogen (secondary N) is 1. The van der Waals surface area contributed by atoms with E-state index in [1.54, 1.807) is 6.07 Å². The number of benzene rings is 2. The van der Waals surface area contributed by atoms with Gasteiger partial charge in [-0.2, -0.15) is 0 Å². The Kier molecular flexibility index (Phi) is 4.25. The van der Waals surface area contributed by atoms with Gasteiger partial charge in [-0.3, -0.25) is 0 Å². The average molecular weight is 397 g/mol. The van der Waals surface area contributed by atoms with Crippen LogP contribution in [0.3, 0.4) is 0 Å². The van der Waals surface area contributed by atoms with Gasteiger partial charge in [0.05, 0.1) is 11.6 Å². The minimum Gasteiger partial charge on any atom is -0.480 e. The van der Waals surface area contributed by atoms with Crippen molar-refractivity contribution >= 4 is 33.6 Å². The molecule has 1 aliphatic heterocycles. The van der Waals surface area contributed by atoms with E-state index in [2.05, 4.69) is 21.2 Å². The van der Waals surface area contributed by atoms with Gasteiger partial charge in [-0.1, -0.05) is 48.9 Å². The van der Waals surface area contributed by atoms with Gasteiger partial charge in [-0.25, -0.2) is 4.79 Å². The van der Waals surface area contributed by atoms with E-state index in [-0.39, 0.29) is 12.5 Å².